The molecule has 1 N–H and O–H groups in total. The Labute approximate surface area is 230 Å². The molecule has 3 aromatic carbocycles. The molecule has 0 radical (unpaired) electrons. The van der Waals surface area contributed by atoms with Crippen LogP contribution in [0.1, 0.15) is 49.3 Å². The van der Waals surface area contributed by atoms with E-state index in [1.165, 1.54) is 11.1 Å². The van der Waals surface area contributed by atoms with Gasteiger partial charge in [0.25, 0.3) is 0 Å². The lowest BCUT2D eigenvalue weighted by molar-refractivity contribution is -0.144. The number of halogens is 1. The van der Waals surface area contributed by atoms with Crippen molar-refractivity contribution in [1.82, 2.24) is 0 Å². The van der Waals surface area contributed by atoms with E-state index in [1.807, 2.05) is 55.1 Å². The first-order chi connectivity index (χ1) is 18.6. The van der Waals surface area contributed by atoms with Gasteiger partial charge in [-0.3, -0.25) is 4.79 Å². The second-order valence-electron chi connectivity index (χ2n) is 9.71. The van der Waals surface area contributed by atoms with E-state index in [0.717, 1.165) is 73.4 Å². The molecule has 1 saturated carbocycles. The van der Waals surface area contributed by atoms with Gasteiger partial charge in [-0.2, -0.15) is 11.8 Å². The molecule has 0 spiro atoms. The Morgan fingerprint density at radius 3 is 2.50 bits per heavy atom. The number of aryl methyl sites for hydroxylation is 2. The van der Waals surface area contributed by atoms with E-state index in [-0.39, 0.29) is 17.7 Å². The molecule has 2 aliphatic carbocycles. The molecule has 0 atom stereocenters. The van der Waals surface area contributed by atoms with Crippen molar-refractivity contribution in [3.8, 4) is 16.9 Å². The standard InChI is InChI=1S/C26H28FNOS.C6H10O2/c1-30-14-6-13-29-23-11-12-24-19(15-23)7-5-8-20-17-26(27)21(16-25(20)24)18-28-22-9-3-2-4-10-22;1-2-8-6(7)5-3-4-5/h2-4,9-12,15-17,28H,5-8,13-14,18H2,1H3;5H,2-4H2,1H3. The van der Waals surface area contributed by atoms with E-state index in [4.69, 9.17) is 9.47 Å². The smallest absolute Gasteiger partial charge is 0.308 e. The van der Waals surface area contributed by atoms with Crippen molar-refractivity contribution in [2.75, 3.05) is 30.5 Å². The molecule has 0 amide bonds. The number of carbonyl (C=O) groups excluding carboxylic acids is 1. The largest absolute Gasteiger partial charge is 0.494 e. The summed E-state index contributed by atoms with van der Waals surface area (Å²) in [5.41, 5.74) is 6.45. The number of ether oxygens (including phenoxy) is 2. The molecule has 2 aliphatic rings. The molecular formula is C32H38FNO3S. The summed E-state index contributed by atoms with van der Waals surface area (Å²) in [6.07, 6.45) is 8.17. The van der Waals surface area contributed by atoms with Gasteiger partial charge in [0.05, 0.1) is 19.1 Å². The molecule has 202 valence electrons. The van der Waals surface area contributed by atoms with Gasteiger partial charge in [0.1, 0.15) is 11.6 Å². The van der Waals surface area contributed by atoms with Crippen LogP contribution in [0.5, 0.6) is 5.75 Å². The monoisotopic (exact) mass is 535 g/mol. The van der Waals surface area contributed by atoms with Crippen LogP contribution < -0.4 is 10.1 Å². The molecule has 0 saturated heterocycles. The first-order valence-electron chi connectivity index (χ1n) is 13.6. The molecule has 6 heteroatoms. The van der Waals surface area contributed by atoms with Crippen LogP contribution in [0.3, 0.4) is 0 Å². The molecule has 38 heavy (non-hydrogen) atoms. The Morgan fingerprint density at radius 2 is 1.79 bits per heavy atom. The van der Waals surface area contributed by atoms with Gasteiger partial charge < -0.3 is 14.8 Å². The van der Waals surface area contributed by atoms with Crippen molar-refractivity contribution >= 4 is 23.4 Å². The summed E-state index contributed by atoms with van der Waals surface area (Å²) in [5.74, 6) is 2.17. The summed E-state index contributed by atoms with van der Waals surface area (Å²) in [7, 11) is 0. The lowest BCUT2D eigenvalue weighted by atomic mass is 9.94. The van der Waals surface area contributed by atoms with Gasteiger partial charge in [-0.25, -0.2) is 4.39 Å². The summed E-state index contributed by atoms with van der Waals surface area (Å²) >= 11 is 1.84. The molecule has 0 unspecified atom stereocenters. The van der Waals surface area contributed by atoms with Gasteiger partial charge in [-0.15, -0.1) is 0 Å². The Kier molecular flexibility index (Phi) is 10.5. The normalized spacial score (nSPS) is 13.8. The number of benzene rings is 3. The summed E-state index contributed by atoms with van der Waals surface area (Å²) in [5, 5.41) is 3.33. The maximum atomic E-state index is 14.8. The molecule has 0 heterocycles. The fourth-order valence-corrected chi connectivity index (χ4v) is 4.98. The molecule has 0 aromatic heterocycles. The molecule has 0 bridgehead atoms. The minimum Gasteiger partial charge on any atom is -0.494 e. The number of hydrogen-bond acceptors (Lipinski definition) is 5. The van der Waals surface area contributed by atoms with E-state index in [1.54, 1.807) is 6.07 Å². The number of carbonyl (C=O) groups is 1. The third-order valence-corrected chi connectivity index (χ3v) is 7.44. The predicted molar refractivity (Wildman–Crippen MR) is 155 cm³/mol. The number of esters is 1. The minimum atomic E-state index is -0.130. The summed E-state index contributed by atoms with van der Waals surface area (Å²) in [6, 6.07) is 20.1. The lowest BCUT2D eigenvalue weighted by Gasteiger charge is -2.15. The third kappa shape index (κ3) is 8.00. The third-order valence-electron chi connectivity index (χ3n) is 6.75. The number of nitrogens with one attached hydrogen (secondary N) is 1. The van der Waals surface area contributed by atoms with Crippen molar-refractivity contribution < 1.29 is 18.7 Å². The highest BCUT2D eigenvalue weighted by Gasteiger charge is 2.30. The zero-order chi connectivity index (χ0) is 26.7. The van der Waals surface area contributed by atoms with E-state index in [9.17, 15) is 9.18 Å². The second kappa shape index (κ2) is 14.2. The van der Waals surface area contributed by atoms with Gasteiger partial charge in [-0.05, 0) is 116 Å². The maximum absolute atomic E-state index is 14.8. The predicted octanol–water partition coefficient (Wildman–Crippen LogP) is 7.68. The van der Waals surface area contributed by atoms with Crippen LogP contribution in [0.2, 0.25) is 0 Å². The number of fused-ring (bicyclic) bond motifs is 3. The van der Waals surface area contributed by atoms with Gasteiger partial charge in [0, 0.05) is 17.8 Å². The van der Waals surface area contributed by atoms with Gasteiger partial charge >= 0.3 is 5.97 Å². The molecule has 3 aromatic rings. The Morgan fingerprint density at radius 1 is 1.03 bits per heavy atom. The molecule has 4 nitrogen and oxygen atoms in total. The minimum absolute atomic E-state index is 0.00694. The van der Waals surface area contributed by atoms with E-state index in [0.29, 0.717) is 18.7 Å². The highest BCUT2D eigenvalue weighted by atomic mass is 32.2. The van der Waals surface area contributed by atoms with Crippen molar-refractivity contribution in [3.63, 3.8) is 0 Å². The average molecular weight is 536 g/mol. The number of para-hydroxylation sites is 1. The van der Waals surface area contributed by atoms with Gasteiger partial charge in [0.15, 0.2) is 0 Å². The van der Waals surface area contributed by atoms with Crippen molar-refractivity contribution in [3.05, 3.63) is 83.2 Å². The van der Waals surface area contributed by atoms with E-state index >= 15 is 0 Å². The quantitative estimate of drug-likeness (QED) is 0.213. The van der Waals surface area contributed by atoms with E-state index < -0.39 is 0 Å². The highest BCUT2D eigenvalue weighted by Crippen LogP contribution is 2.36. The van der Waals surface area contributed by atoms with Crippen molar-refractivity contribution in [2.45, 2.75) is 52.0 Å². The Bertz CT molecular complexity index is 1200. The SMILES string of the molecule is CCOC(=O)C1CC1.CSCCCOc1ccc2c(c1)CCCc1cc(F)c(CNc3ccccc3)cc1-2. The van der Waals surface area contributed by atoms with Gasteiger partial charge in [-0.1, -0.05) is 24.3 Å². The van der Waals surface area contributed by atoms with Crippen LogP contribution in [-0.4, -0.2) is 31.2 Å². The first-order valence-corrected chi connectivity index (χ1v) is 15.0. The molecule has 5 rings (SSSR count). The Balaban J connectivity index is 0.000000360. The zero-order valence-corrected chi connectivity index (χ0v) is 23.2. The van der Waals surface area contributed by atoms with Crippen LogP contribution in [0.15, 0.2) is 60.7 Å². The van der Waals surface area contributed by atoms with Crippen LogP contribution in [0.4, 0.5) is 10.1 Å². The second-order valence-corrected chi connectivity index (χ2v) is 10.7. The Hall–Kier alpha value is -2.99. The summed E-state index contributed by atoms with van der Waals surface area (Å²) in [6.45, 7) is 3.57. The highest BCUT2D eigenvalue weighted by molar-refractivity contribution is 7.98. The summed E-state index contributed by atoms with van der Waals surface area (Å²) < 4.78 is 25.5. The lowest BCUT2D eigenvalue weighted by Crippen LogP contribution is -2.04. The summed E-state index contributed by atoms with van der Waals surface area (Å²) in [4.78, 5) is 10.6. The topological polar surface area (TPSA) is 47.6 Å². The fourth-order valence-electron chi connectivity index (χ4n) is 4.58. The first kappa shape index (κ1) is 28.0. The number of rotatable bonds is 10. The van der Waals surface area contributed by atoms with Crippen LogP contribution in [0.25, 0.3) is 11.1 Å². The number of anilines is 1. The molecule has 1 fully saturated rings. The van der Waals surface area contributed by atoms with Crippen LogP contribution in [-0.2, 0) is 28.9 Å². The number of hydrogen-bond donors (Lipinski definition) is 1. The maximum Gasteiger partial charge on any atom is 0.308 e. The van der Waals surface area contributed by atoms with Gasteiger partial charge in [0.2, 0.25) is 0 Å². The van der Waals surface area contributed by atoms with E-state index in [2.05, 4.69) is 29.8 Å². The fraction of sp³-hybridized carbons (Fsp3) is 0.406. The van der Waals surface area contributed by atoms with Crippen LogP contribution in [0, 0.1) is 11.7 Å². The molecule has 0 aliphatic heterocycles. The average Bonchev–Trinajstić information content (AvgIpc) is 3.79. The van der Waals surface area contributed by atoms with Crippen LogP contribution >= 0.6 is 11.8 Å². The van der Waals surface area contributed by atoms with Crippen molar-refractivity contribution in [2.24, 2.45) is 5.92 Å². The number of thioether (sulfide) groups is 1. The van der Waals surface area contributed by atoms with Crippen molar-refractivity contribution in [1.29, 1.82) is 0 Å². The zero-order valence-electron chi connectivity index (χ0n) is 22.4. The molecular weight excluding hydrogens is 497 g/mol.